The van der Waals surface area contributed by atoms with Gasteiger partial charge in [0.25, 0.3) is 0 Å². The van der Waals surface area contributed by atoms with E-state index in [0.29, 0.717) is 9.47 Å². The van der Waals surface area contributed by atoms with Crippen LogP contribution in [0, 0.1) is 0 Å². The number of amides is 2. The zero-order chi connectivity index (χ0) is 18.4. The van der Waals surface area contributed by atoms with Gasteiger partial charge in [-0.2, -0.15) is 0 Å². The van der Waals surface area contributed by atoms with Gasteiger partial charge in [0, 0.05) is 0 Å². The van der Waals surface area contributed by atoms with Gasteiger partial charge in [-0.3, -0.25) is 10.1 Å². The molecule has 1 atom stereocenters. The van der Waals surface area contributed by atoms with Crippen LogP contribution in [0.25, 0.3) is 0 Å². The third-order valence-electron chi connectivity index (χ3n) is 3.92. The molecule has 0 bridgehead atoms. The molecule has 1 aliphatic rings. The predicted octanol–water partition coefficient (Wildman–Crippen LogP) is 3.39. The van der Waals surface area contributed by atoms with Crippen molar-refractivity contribution in [3.63, 3.8) is 0 Å². The lowest BCUT2D eigenvalue weighted by Crippen LogP contribution is -2.32. The zero-order valence-electron chi connectivity index (χ0n) is 14.4. The number of rotatable bonds is 6. The largest absolute Gasteiger partial charge is 0.450 e. The maximum atomic E-state index is 12.3. The minimum absolute atomic E-state index is 0.0354. The SMILES string of the molecule is CCOC(=O)Nc1nnc(SCC(=O)N[C@@H]2CCCc3ccccc32)s1. The van der Waals surface area contributed by atoms with Gasteiger partial charge in [0.1, 0.15) is 0 Å². The number of carbonyl (C=O) groups excluding carboxylic acids is 2. The van der Waals surface area contributed by atoms with Gasteiger partial charge in [0.2, 0.25) is 11.0 Å². The van der Waals surface area contributed by atoms with Crippen molar-refractivity contribution in [2.24, 2.45) is 0 Å². The number of nitrogens with zero attached hydrogens (tertiary/aromatic N) is 2. The Kier molecular flexibility index (Phi) is 6.45. The first-order valence-corrected chi connectivity index (χ1v) is 10.2. The molecule has 1 aliphatic carbocycles. The van der Waals surface area contributed by atoms with Crippen LogP contribution in [0.5, 0.6) is 0 Å². The highest BCUT2D eigenvalue weighted by Crippen LogP contribution is 2.30. The van der Waals surface area contributed by atoms with E-state index in [9.17, 15) is 9.59 Å². The summed E-state index contributed by atoms with van der Waals surface area (Å²) in [4.78, 5) is 23.6. The molecule has 138 valence electrons. The Morgan fingerprint density at radius 3 is 3.04 bits per heavy atom. The third kappa shape index (κ3) is 4.95. The van der Waals surface area contributed by atoms with Gasteiger partial charge in [0.05, 0.1) is 18.4 Å². The number of thioether (sulfide) groups is 1. The number of aryl methyl sites for hydroxylation is 1. The van der Waals surface area contributed by atoms with Gasteiger partial charge < -0.3 is 10.1 Å². The number of nitrogens with one attached hydrogen (secondary N) is 2. The molecule has 1 aromatic carbocycles. The van der Waals surface area contributed by atoms with Gasteiger partial charge >= 0.3 is 6.09 Å². The van der Waals surface area contributed by atoms with Crippen LogP contribution in [-0.2, 0) is 16.0 Å². The maximum Gasteiger partial charge on any atom is 0.413 e. The molecule has 2 aromatic rings. The molecule has 0 fully saturated rings. The molecule has 7 nitrogen and oxygen atoms in total. The van der Waals surface area contributed by atoms with Crippen molar-refractivity contribution >= 4 is 40.2 Å². The molecular weight excluding hydrogens is 372 g/mol. The summed E-state index contributed by atoms with van der Waals surface area (Å²) in [5.41, 5.74) is 2.53. The van der Waals surface area contributed by atoms with Crippen molar-refractivity contribution in [3.8, 4) is 0 Å². The van der Waals surface area contributed by atoms with Crippen LogP contribution in [-0.4, -0.2) is 34.6 Å². The second kappa shape index (κ2) is 9.00. The molecule has 0 saturated carbocycles. The van der Waals surface area contributed by atoms with E-state index < -0.39 is 6.09 Å². The Hall–Kier alpha value is -2.13. The van der Waals surface area contributed by atoms with E-state index in [1.54, 1.807) is 6.92 Å². The van der Waals surface area contributed by atoms with Crippen LogP contribution < -0.4 is 10.6 Å². The fourth-order valence-corrected chi connectivity index (χ4v) is 4.39. The predicted molar refractivity (Wildman–Crippen MR) is 102 cm³/mol. The molecule has 26 heavy (non-hydrogen) atoms. The average Bonchev–Trinajstić information content (AvgIpc) is 3.08. The van der Waals surface area contributed by atoms with Crippen molar-refractivity contribution in [1.82, 2.24) is 15.5 Å². The molecule has 2 amide bonds. The first kappa shape index (κ1) is 18.7. The number of fused-ring (bicyclic) bond motifs is 1. The minimum atomic E-state index is -0.561. The summed E-state index contributed by atoms with van der Waals surface area (Å²) in [6.45, 7) is 2.01. The van der Waals surface area contributed by atoms with Crippen LogP contribution in [0.15, 0.2) is 28.6 Å². The van der Waals surface area contributed by atoms with Gasteiger partial charge in [-0.1, -0.05) is 47.4 Å². The molecule has 0 saturated heterocycles. The summed E-state index contributed by atoms with van der Waals surface area (Å²) in [6, 6.07) is 8.34. The van der Waals surface area contributed by atoms with Crippen LogP contribution in [0.4, 0.5) is 9.93 Å². The number of benzene rings is 1. The van der Waals surface area contributed by atoms with Crippen molar-refractivity contribution in [1.29, 1.82) is 0 Å². The quantitative estimate of drug-likeness (QED) is 0.578. The second-order valence-corrected chi connectivity index (χ2v) is 7.92. The fourth-order valence-electron chi connectivity index (χ4n) is 2.84. The van der Waals surface area contributed by atoms with Gasteiger partial charge in [-0.25, -0.2) is 4.79 Å². The van der Waals surface area contributed by atoms with E-state index in [4.69, 9.17) is 4.74 Å². The fraction of sp³-hybridized carbons (Fsp3) is 0.412. The molecule has 0 aliphatic heterocycles. The number of ether oxygens (including phenoxy) is 1. The molecule has 1 heterocycles. The number of hydrogen-bond donors (Lipinski definition) is 2. The van der Waals surface area contributed by atoms with Crippen LogP contribution in [0.1, 0.15) is 36.9 Å². The summed E-state index contributed by atoms with van der Waals surface area (Å²) in [6.07, 6.45) is 2.54. The molecular formula is C17H20N4O3S2. The summed E-state index contributed by atoms with van der Waals surface area (Å²) in [7, 11) is 0. The van der Waals surface area contributed by atoms with E-state index in [1.807, 2.05) is 12.1 Å². The summed E-state index contributed by atoms with van der Waals surface area (Å²) in [5, 5.41) is 13.8. The highest BCUT2D eigenvalue weighted by Gasteiger charge is 2.21. The van der Waals surface area contributed by atoms with Gasteiger partial charge in [0.15, 0.2) is 4.34 Å². The lowest BCUT2D eigenvalue weighted by Gasteiger charge is -2.26. The summed E-state index contributed by atoms with van der Waals surface area (Å²) < 4.78 is 5.41. The Bertz CT molecular complexity index is 781. The van der Waals surface area contributed by atoms with E-state index in [2.05, 4.69) is 33.0 Å². The maximum absolute atomic E-state index is 12.3. The topological polar surface area (TPSA) is 93.2 Å². The molecule has 2 N–H and O–H groups in total. The molecule has 0 radical (unpaired) electrons. The summed E-state index contributed by atoms with van der Waals surface area (Å²) >= 11 is 2.51. The smallest absolute Gasteiger partial charge is 0.413 e. The molecule has 1 aromatic heterocycles. The van der Waals surface area contributed by atoms with Crippen LogP contribution in [0.3, 0.4) is 0 Å². The molecule has 0 spiro atoms. The van der Waals surface area contributed by atoms with E-state index in [1.165, 1.54) is 34.2 Å². The highest BCUT2D eigenvalue weighted by atomic mass is 32.2. The first-order valence-electron chi connectivity index (χ1n) is 8.43. The number of aromatic nitrogens is 2. The van der Waals surface area contributed by atoms with Crippen LogP contribution in [0.2, 0.25) is 0 Å². The number of anilines is 1. The molecule has 0 unspecified atom stereocenters. The van der Waals surface area contributed by atoms with Crippen molar-refractivity contribution < 1.29 is 14.3 Å². The number of hydrogen-bond acceptors (Lipinski definition) is 7. The van der Waals surface area contributed by atoms with Crippen molar-refractivity contribution in [2.45, 2.75) is 36.6 Å². The van der Waals surface area contributed by atoms with E-state index >= 15 is 0 Å². The normalized spacial score (nSPS) is 15.8. The minimum Gasteiger partial charge on any atom is -0.450 e. The van der Waals surface area contributed by atoms with Crippen molar-refractivity contribution in [2.75, 3.05) is 17.7 Å². The Balaban J connectivity index is 1.49. The molecule has 9 heteroatoms. The number of carbonyl (C=O) groups is 2. The second-order valence-electron chi connectivity index (χ2n) is 5.72. The van der Waals surface area contributed by atoms with E-state index in [0.717, 1.165) is 19.3 Å². The Morgan fingerprint density at radius 1 is 1.35 bits per heavy atom. The van der Waals surface area contributed by atoms with Gasteiger partial charge in [-0.15, -0.1) is 10.2 Å². The Morgan fingerprint density at radius 2 is 2.19 bits per heavy atom. The zero-order valence-corrected chi connectivity index (χ0v) is 16.0. The average molecular weight is 393 g/mol. The standard InChI is InChI=1S/C17H20N4O3S2/c1-2-24-16(23)19-15-20-21-17(26-15)25-10-14(22)18-13-9-5-7-11-6-3-4-8-12(11)13/h3-4,6,8,13H,2,5,7,9-10H2,1H3,(H,18,22)(H,19,20,23)/t13-/m1/s1. The molecule has 3 rings (SSSR count). The highest BCUT2D eigenvalue weighted by molar-refractivity contribution is 8.01. The Labute approximate surface area is 159 Å². The van der Waals surface area contributed by atoms with Gasteiger partial charge in [-0.05, 0) is 37.3 Å². The summed E-state index contributed by atoms with van der Waals surface area (Å²) in [5.74, 6) is 0.221. The first-order chi connectivity index (χ1) is 12.7. The monoisotopic (exact) mass is 392 g/mol. The van der Waals surface area contributed by atoms with Crippen LogP contribution >= 0.6 is 23.1 Å². The lowest BCUT2D eigenvalue weighted by molar-refractivity contribution is -0.119. The third-order valence-corrected chi connectivity index (χ3v) is 5.89. The lowest BCUT2D eigenvalue weighted by atomic mass is 9.88. The van der Waals surface area contributed by atoms with Crippen molar-refractivity contribution in [3.05, 3.63) is 35.4 Å². The van der Waals surface area contributed by atoms with E-state index in [-0.39, 0.29) is 24.3 Å².